The van der Waals surface area contributed by atoms with Crippen molar-refractivity contribution >= 4 is 37.6 Å². The van der Waals surface area contributed by atoms with E-state index < -0.39 is 16.0 Å². The largest absolute Gasteiger partial charge is 0.478 e. The number of nitrogens with one attached hydrogen (secondary N) is 1. The van der Waals surface area contributed by atoms with Crippen molar-refractivity contribution in [1.82, 2.24) is 5.16 Å². The molecule has 128 valence electrons. The number of ether oxygens (including phenoxy) is 1. The van der Waals surface area contributed by atoms with Crippen LogP contribution in [0.3, 0.4) is 0 Å². The third-order valence-corrected chi connectivity index (χ3v) is 5.07. The second kappa shape index (κ2) is 6.54. The maximum atomic E-state index is 12.3. The van der Waals surface area contributed by atoms with Crippen LogP contribution in [0.25, 0.3) is 0 Å². The number of hydrogen-bond donors (Lipinski definition) is 2. The Morgan fingerprint density at radius 2 is 2.17 bits per heavy atom. The molecule has 2 N–H and O–H groups in total. The van der Waals surface area contributed by atoms with Crippen LogP contribution in [-0.2, 0) is 33.5 Å². The van der Waals surface area contributed by atoms with Crippen molar-refractivity contribution in [2.24, 2.45) is 0 Å². The van der Waals surface area contributed by atoms with E-state index in [1.807, 2.05) is 0 Å². The second-order valence-electron chi connectivity index (χ2n) is 5.23. The number of nitrogens with zero attached hydrogens (tertiary/aromatic N) is 1. The standard InChI is InChI=1S/C14H13BrN2O6S/c15-9-3-8(14(18)19)4-10(5-9)17-24(20,21)7-12-11-6-22-2-1-13(11)23-16-12/h3-5,17H,1-2,6-7H2,(H,18,19). The molecule has 1 aromatic carbocycles. The first-order chi connectivity index (χ1) is 11.3. The Morgan fingerprint density at radius 1 is 1.38 bits per heavy atom. The topological polar surface area (TPSA) is 119 Å². The first kappa shape index (κ1) is 16.9. The fourth-order valence-corrected chi connectivity index (χ4v) is 3.99. The van der Waals surface area contributed by atoms with E-state index in [1.165, 1.54) is 18.2 Å². The molecule has 10 heteroatoms. The quantitative estimate of drug-likeness (QED) is 0.765. The fraction of sp³-hybridized carbons (Fsp3) is 0.286. The van der Waals surface area contributed by atoms with E-state index in [0.717, 1.165) is 0 Å². The van der Waals surface area contributed by atoms with Gasteiger partial charge in [0.15, 0.2) is 0 Å². The number of rotatable bonds is 5. The zero-order chi connectivity index (χ0) is 17.3. The Bertz CT molecular complexity index is 893. The number of aromatic nitrogens is 1. The van der Waals surface area contributed by atoms with E-state index >= 15 is 0 Å². The normalized spacial score (nSPS) is 14.2. The number of benzene rings is 1. The van der Waals surface area contributed by atoms with Crippen LogP contribution in [0.1, 0.15) is 27.4 Å². The highest BCUT2D eigenvalue weighted by atomic mass is 79.9. The number of carboxylic acids is 1. The van der Waals surface area contributed by atoms with Gasteiger partial charge < -0.3 is 14.4 Å². The van der Waals surface area contributed by atoms with Crippen LogP contribution in [0.2, 0.25) is 0 Å². The zero-order valence-electron chi connectivity index (χ0n) is 12.3. The van der Waals surface area contributed by atoms with E-state index in [4.69, 9.17) is 14.4 Å². The molecule has 0 spiro atoms. The Hall–Kier alpha value is -1.91. The third-order valence-electron chi connectivity index (χ3n) is 3.42. The smallest absolute Gasteiger partial charge is 0.335 e. The molecular formula is C14H13BrN2O6S. The van der Waals surface area contributed by atoms with Gasteiger partial charge >= 0.3 is 5.97 Å². The molecule has 8 nitrogen and oxygen atoms in total. The predicted molar refractivity (Wildman–Crippen MR) is 87.2 cm³/mol. The van der Waals surface area contributed by atoms with Crippen molar-refractivity contribution < 1.29 is 27.6 Å². The van der Waals surface area contributed by atoms with Crippen molar-refractivity contribution in [3.63, 3.8) is 0 Å². The van der Waals surface area contributed by atoms with Crippen LogP contribution in [0.4, 0.5) is 5.69 Å². The summed E-state index contributed by atoms with van der Waals surface area (Å²) < 4.78 is 37.9. The molecule has 0 bridgehead atoms. The Morgan fingerprint density at radius 3 is 2.92 bits per heavy atom. The van der Waals surface area contributed by atoms with Gasteiger partial charge in [-0.05, 0) is 18.2 Å². The molecule has 0 saturated heterocycles. The predicted octanol–water partition coefficient (Wildman–Crippen LogP) is 2.15. The molecule has 0 radical (unpaired) electrons. The summed E-state index contributed by atoms with van der Waals surface area (Å²) in [6.07, 6.45) is 0.559. The summed E-state index contributed by atoms with van der Waals surface area (Å²) in [5.41, 5.74) is 1.07. The maximum absolute atomic E-state index is 12.3. The monoisotopic (exact) mass is 416 g/mol. The summed E-state index contributed by atoms with van der Waals surface area (Å²) in [5, 5.41) is 12.8. The number of anilines is 1. The van der Waals surface area contributed by atoms with Gasteiger partial charge in [-0.15, -0.1) is 0 Å². The summed E-state index contributed by atoms with van der Waals surface area (Å²) in [6, 6.07) is 4.10. The molecule has 0 amide bonds. The van der Waals surface area contributed by atoms with E-state index in [2.05, 4.69) is 25.8 Å². The van der Waals surface area contributed by atoms with Crippen molar-refractivity contribution in [1.29, 1.82) is 0 Å². The van der Waals surface area contributed by atoms with E-state index in [0.29, 0.717) is 34.5 Å². The van der Waals surface area contributed by atoms with Gasteiger partial charge in [0.25, 0.3) is 0 Å². The summed E-state index contributed by atoms with van der Waals surface area (Å²) in [6.45, 7) is 0.784. The maximum Gasteiger partial charge on any atom is 0.335 e. The first-order valence-electron chi connectivity index (χ1n) is 6.92. The zero-order valence-corrected chi connectivity index (χ0v) is 14.7. The average molecular weight is 417 g/mol. The minimum Gasteiger partial charge on any atom is -0.478 e. The van der Waals surface area contributed by atoms with Gasteiger partial charge in [0.05, 0.1) is 24.5 Å². The van der Waals surface area contributed by atoms with E-state index in [1.54, 1.807) is 0 Å². The molecule has 1 aliphatic rings. The first-order valence-corrected chi connectivity index (χ1v) is 9.37. The molecule has 0 atom stereocenters. The molecule has 1 aliphatic heterocycles. The lowest BCUT2D eigenvalue weighted by Crippen LogP contribution is -2.17. The number of sulfonamides is 1. The number of carboxylic acid groups (broad SMARTS) is 1. The van der Waals surface area contributed by atoms with Gasteiger partial charge in [0, 0.05) is 16.5 Å². The molecule has 0 unspecified atom stereocenters. The molecule has 1 aromatic heterocycles. The van der Waals surface area contributed by atoms with Gasteiger partial charge in [-0.1, -0.05) is 21.1 Å². The number of hydrogen-bond acceptors (Lipinski definition) is 6. The number of fused-ring (bicyclic) bond motifs is 1. The Labute approximate surface area is 146 Å². The molecule has 0 aliphatic carbocycles. The molecule has 3 rings (SSSR count). The highest BCUT2D eigenvalue weighted by Crippen LogP contribution is 2.24. The highest BCUT2D eigenvalue weighted by Gasteiger charge is 2.24. The molecule has 0 fully saturated rings. The van der Waals surface area contributed by atoms with Crippen molar-refractivity contribution in [3.8, 4) is 0 Å². The molecule has 2 heterocycles. The summed E-state index contributed by atoms with van der Waals surface area (Å²) >= 11 is 3.16. The average Bonchev–Trinajstić information content (AvgIpc) is 2.88. The minimum absolute atomic E-state index is 0.0331. The van der Waals surface area contributed by atoms with Crippen LogP contribution in [0.5, 0.6) is 0 Å². The molecular weight excluding hydrogens is 404 g/mol. The van der Waals surface area contributed by atoms with E-state index in [9.17, 15) is 13.2 Å². The van der Waals surface area contributed by atoms with Crippen LogP contribution in [0.15, 0.2) is 27.2 Å². The summed E-state index contributed by atoms with van der Waals surface area (Å²) in [7, 11) is -3.79. The molecule has 0 saturated carbocycles. The summed E-state index contributed by atoms with van der Waals surface area (Å²) in [4.78, 5) is 11.1. The number of aromatic carboxylic acids is 1. The highest BCUT2D eigenvalue weighted by molar-refractivity contribution is 9.10. The summed E-state index contributed by atoms with van der Waals surface area (Å²) in [5.74, 6) is -0.897. The Balaban J connectivity index is 1.82. The fourth-order valence-electron chi connectivity index (χ4n) is 2.36. The number of carbonyl (C=O) groups is 1. The molecule has 2 aromatic rings. The van der Waals surface area contributed by atoms with Crippen LogP contribution in [0, 0.1) is 0 Å². The lowest BCUT2D eigenvalue weighted by Gasteiger charge is -2.12. The minimum atomic E-state index is -3.79. The SMILES string of the molecule is O=C(O)c1cc(Br)cc(NS(=O)(=O)Cc2noc3c2COCC3)c1. The van der Waals surface area contributed by atoms with Crippen LogP contribution < -0.4 is 4.72 Å². The van der Waals surface area contributed by atoms with Gasteiger partial charge in [0.2, 0.25) is 10.0 Å². The van der Waals surface area contributed by atoms with Gasteiger partial charge in [-0.3, -0.25) is 4.72 Å². The van der Waals surface area contributed by atoms with Gasteiger partial charge in [-0.25, -0.2) is 13.2 Å². The lowest BCUT2D eigenvalue weighted by atomic mass is 10.1. The third kappa shape index (κ3) is 3.77. The molecule has 24 heavy (non-hydrogen) atoms. The van der Waals surface area contributed by atoms with Crippen LogP contribution >= 0.6 is 15.9 Å². The number of halogens is 1. The van der Waals surface area contributed by atoms with Crippen molar-refractivity contribution in [3.05, 3.63) is 45.3 Å². The van der Waals surface area contributed by atoms with Gasteiger partial charge in [-0.2, -0.15) is 0 Å². The lowest BCUT2D eigenvalue weighted by molar-refractivity contribution is 0.0697. The second-order valence-corrected chi connectivity index (χ2v) is 7.87. The van der Waals surface area contributed by atoms with E-state index in [-0.39, 0.29) is 23.6 Å². The van der Waals surface area contributed by atoms with Crippen molar-refractivity contribution in [2.45, 2.75) is 18.8 Å². The Kier molecular flexibility index (Phi) is 4.61. The van der Waals surface area contributed by atoms with Crippen LogP contribution in [-0.4, -0.2) is 31.3 Å². The van der Waals surface area contributed by atoms with Gasteiger partial charge in [0.1, 0.15) is 17.2 Å². The van der Waals surface area contributed by atoms with Crippen molar-refractivity contribution in [2.75, 3.05) is 11.3 Å².